The highest BCUT2D eigenvalue weighted by Crippen LogP contribution is 2.35. The van der Waals surface area contributed by atoms with Crippen molar-refractivity contribution in [2.75, 3.05) is 0 Å². The predicted octanol–water partition coefficient (Wildman–Crippen LogP) is 0.900. The Balaban J connectivity index is 3.38. The molecule has 14 heavy (non-hydrogen) atoms. The topological polar surface area (TPSA) is 74.6 Å². The Bertz CT molecular complexity index is 405. The summed E-state index contributed by atoms with van der Waals surface area (Å²) in [6.45, 7) is 4.51. The molecule has 0 heterocycles. The van der Waals surface area contributed by atoms with Crippen LogP contribution in [0.3, 0.4) is 0 Å². The van der Waals surface area contributed by atoms with E-state index < -0.39 is 21.0 Å². The Labute approximate surface area is 83.7 Å². The molecular formula is C9H14O4S. The van der Waals surface area contributed by atoms with E-state index in [4.69, 9.17) is 4.55 Å². The van der Waals surface area contributed by atoms with Crippen molar-refractivity contribution in [1.82, 2.24) is 0 Å². The maximum Gasteiger partial charge on any atom is 0.277 e. The molecule has 1 aliphatic rings. The molecule has 2 unspecified atom stereocenters. The molecule has 2 atom stereocenters. The smallest absolute Gasteiger partial charge is 0.277 e. The van der Waals surface area contributed by atoms with Gasteiger partial charge in [-0.25, -0.2) is 0 Å². The number of aliphatic hydroxyl groups excluding tert-OH is 1. The van der Waals surface area contributed by atoms with Gasteiger partial charge in [0.15, 0.2) is 0 Å². The first-order chi connectivity index (χ1) is 6.21. The van der Waals surface area contributed by atoms with Crippen LogP contribution in [0.2, 0.25) is 0 Å². The zero-order chi connectivity index (χ0) is 11.1. The van der Waals surface area contributed by atoms with Crippen LogP contribution in [-0.4, -0.2) is 28.9 Å². The lowest BCUT2D eigenvalue weighted by molar-refractivity contribution is 0.171. The third-order valence-corrected chi connectivity index (χ3v) is 4.49. The minimum absolute atomic E-state index is 0.429. The standard InChI is InChI=1S/C9H14O4S/c1-6-4-5-7(2)9(3,8(6)10)14(11,12)13/h4-5,8,10H,1-3H3,(H,11,12,13). The Kier molecular flexibility index (Phi) is 2.60. The van der Waals surface area contributed by atoms with Gasteiger partial charge in [-0.3, -0.25) is 4.55 Å². The molecule has 0 aromatic carbocycles. The van der Waals surface area contributed by atoms with Crippen LogP contribution in [0.4, 0.5) is 0 Å². The SMILES string of the molecule is CC1=CC=C(C)C(C)(S(=O)(=O)O)C1O. The number of aliphatic hydroxyl groups is 1. The summed E-state index contributed by atoms with van der Waals surface area (Å²) < 4.78 is 29.9. The van der Waals surface area contributed by atoms with E-state index in [0.717, 1.165) is 0 Å². The fraction of sp³-hybridized carbons (Fsp3) is 0.556. The Morgan fingerprint density at radius 2 is 1.86 bits per heavy atom. The highest BCUT2D eigenvalue weighted by molar-refractivity contribution is 7.87. The van der Waals surface area contributed by atoms with E-state index in [1.807, 2.05) is 0 Å². The van der Waals surface area contributed by atoms with Crippen LogP contribution < -0.4 is 0 Å². The molecule has 0 fully saturated rings. The van der Waals surface area contributed by atoms with Crippen LogP contribution in [0.5, 0.6) is 0 Å². The van der Waals surface area contributed by atoms with Crippen molar-refractivity contribution < 1.29 is 18.1 Å². The van der Waals surface area contributed by atoms with Crippen molar-refractivity contribution in [2.24, 2.45) is 0 Å². The van der Waals surface area contributed by atoms with Crippen molar-refractivity contribution in [3.8, 4) is 0 Å². The molecule has 1 rings (SSSR count). The second-order valence-electron chi connectivity index (χ2n) is 3.75. The van der Waals surface area contributed by atoms with Gasteiger partial charge in [-0.2, -0.15) is 8.42 Å². The molecule has 5 heteroatoms. The van der Waals surface area contributed by atoms with Crippen molar-refractivity contribution in [3.05, 3.63) is 23.3 Å². The molecule has 0 spiro atoms. The highest BCUT2D eigenvalue weighted by atomic mass is 32.2. The van der Waals surface area contributed by atoms with E-state index in [2.05, 4.69) is 0 Å². The number of hydrogen-bond acceptors (Lipinski definition) is 3. The zero-order valence-electron chi connectivity index (χ0n) is 8.35. The lowest BCUT2D eigenvalue weighted by Crippen LogP contribution is -2.49. The monoisotopic (exact) mass is 218 g/mol. The molecule has 0 aliphatic heterocycles. The Morgan fingerprint density at radius 1 is 1.36 bits per heavy atom. The van der Waals surface area contributed by atoms with Gasteiger partial charge in [0, 0.05) is 0 Å². The molecule has 80 valence electrons. The van der Waals surface area contributed by atoms with Crippen LogP contribution in [0.25, 0.3) is 0 Å². The quantitative estimate of drug-likeness (QED) is 0.641. The van der Waals surface area contributed by atoms with Gasteiger partial charge in [0.2, 0.25) is 0 Å². The molecule has 1 aliphatic carbocycles. The molecular weight excluding hydrogens is 204 g/mol. The van der Waals surface area contributed by atoms with Gasteiger partial charge in [0.25, 0.3) is 10.1 Å². The summed E-state index contributed by atoms with van der Waals surface area (Å²) in [5.41, 5.74) is 0.953. The maximum absolute atomic E-state index is 11.2. The van der Waals surface area contributed by atoms with Gasteiger partial charge < -0.3 is 5.11 Å². The molecule has 4 nitrogen and oxygen atoms in total. The van der Waals surface area contributed by atoms with E-state index >= 15 is 0 Å². The molecule has 0 saturated heterocycles. The van der Waals surface area contributed by atoms with Crippen molar-refractivity contribution >= 4 is 10.1 Å². The fourth-order valence-corrected chi connectivity index (χ4v) is 2.45. The largest absolute Gasteiger partial charge is 0.387 e. The van der Waals surface area contributed by atoms with Gasteiger partial charge >= 0.3 is 0 Å². The fourth-order valence-electron chi connectivity index (χ4n) is 1.51. The maximum atomic E-state index is 11.2. The minimum Gasteiger partial charge on any atom is -0.387 e. The van der Waals surface area contributed by atoms with Crippen LogP contribution in [0.15, 0.2) is 23.3 Å². The summed E-state index contributed by atoms with van der Waals surface area (Å²) >= 11 is 0. The molecule has 0 aromatic rings. The Morgan fingerprint density at radius 3 is 2.21 bits per heavy atom. The van der Waals surface area contributed by atoms with Crippen LogP contribution in [0, 0.1) is 0 Å². The van der Waals surface area contributed by atoms with E-state index in [1.165, 1.54) is 6.92 Å². The second kappa shape index (κ2) is 3.18. The number of rotatable bonds is 1. The second-order valence-corrected chi connectivity index (χ2v) is 5.54. The van der Waals surface area contributed by atoms with Crippen LogP contribution >= 0.6 is 0 Å². The molecule has 0 bridgehead atoms. The van der Waals surface area contributed by atoms with E-state index in [1.54, 1.807) is 26.0 Å². The van der Waals surface area contributed by atoms with Gasteiger partial charge in [0.1, 0.15) is 10.9 Å². The van der Waals surface area contributed by atoms with Crippen molar-refractivity contribution in [3.63, 3.8) is 0 Å². The summed E-state index contributed by atoms with van der Waals surface area (Å²) in [5.74, 6) is 0. The summed E-state index contributed by atoms with van der Waals surface area (Å²) in [4.78, 5) is 0. The van der Waals surface area contributed by atoms with Gasteiger partial charge in [-0.1, -0.05) is 12.2 Å². The molecule has 2 N–H and O–H groups in total. The lowest BCUT2D eigenvalue weighted by atomic mass is 9.86. The average molecular weight is 218 g/mol. The summed E-state index contributed by atoms with van der Waals surface area (Å²) in [7, 11) is -4.32. The summed E-state index contributed by atoms with van der Waals surface area (Å²) in [6.07, 6.45) is 2.05. The first-order valence-electron chi connectivity index (χ1n) is 4.22. The van der Waals surface area contributed by atoms with Crippen molar-refractivity contribution in [2.45, 2.75) is 31.6 Å². The molecule has 0 amide bonds. The molecule has 0 saturated carbocycles. The minimum atomic E-state index is -4.32. The van der Waals surface area contributed by atoms with Gasteiger partial charge in [0.05, 0.1) is 0 Å². The first kappa shape index (κ1) is 11.4. The number of allylic oxidation sites excluding steroid dienone is 2. The van der Waals surface area contributed by atoms with Gasteiger partial charge in [-0.05, 0) is 31.9 Å². The average Bonchev–Trinajstić information content (AvgIpc) is 2.06. The van der Waals surface area contributed by atoms with E-state index in [9.17, 15) is 13.5 Å². The summed E-state index contributed by atoms with van der Waals surface area (Å²) in [5, 5.41) is 9.75. The third kappa shape index (κ3) is 1.41. The van der Waals surface area contributed by atoms with Crippen molar-refractivity contribution in [1.29, 1.82) is 0 Å². The lowest BCUT2D eigenvalue weighted by Gasteiger charge is -2.35. The predicted molar refractivity (Wildman–Crippen MR) is 53.5 cm³/mol. The summed E-state index contributed by atoms with van der Waals surface area (Å²) in [6, 6.07) is 0. The zero-order valence-corrected chi connectivity index (χ0v) is 9.17. The Hall–Kier alpha value is -0.650. The first-order valence-corrected chi connectivity index (χ1v) is 5.66. The molecule has 0 radical (unpaired) electrons. The van der Waals surface area contributed by atoms with E-state index in [0.29, 0.717) is 11.1 Å². The van der Waals surface area contributed by atoms with Crippen LogP contribution in [0.1, 0.15) is 20.8 Å². The van der Waals surface area contributed by atoms with Crippen LogP contribution in [-0.2, 0) is 10.1 Å². The van der Waals surface area contributed by atoms with E-state index in [-0.39, 0.29) is 0 Å². The molecule has 0 aromatic heterocycles. The highest BCUT2D eigenvalue weighted by Gasteiger charge is 2.48. The normalized spacial score (nSPS) is 33.6. The van der Waals surface area contributed by atoms with Gasteiger partial charge in [-0.15, -0.1) is 0 Å². The number of hydrogen-bond donors (Lipinski definition) is 2. The third-order valence-electron chi connectivity index (χ3n) is 2.87.